The van der Waals surface area contributed by atoms with Gasteiger partial charge in [-0.3, -0.25) is 14.8 Å². The Balaban J connectivity index is 2.32. The van der Waals surface area contributed by atoms with Gasteiger partial charge in [0.2, 0.25) is 5.75 Å². The van der Waals surface area contributed by atoms with Crippen LogP contribution in [0.25, 0.3) is 0 Å². The highest BCUT2D eigenvalue weighted by Gasteiger charge is 2.20. The number of ether oxygens (including phenoxy) is 1. The van der Waals surface area contributed by atoms with Crippen molar-refractivity contribution in [1.82, 2.24) is 9.78 Å². The van der Waals surface area contributed by atoms with Crippen LogP contribution >= 0.6 is 0 Å². The van der Waals surface area contributed by atoms with Crippen molar-refractivity contribution in [2.75, 3.05) is 5.73 Å². The number of nitrogen functional groups attached to an aromatic ring is 1. The monoisotopic (exact) mass is 262 g/mol. The molecule has 0 bridgehead atoms. The summed E-state index contributed by atoms with van der Waals surface area (Å²) in [5.41, 5.74) is 5.42. The van der Waals surface area contributed by atoms with E-state index in [2.05, 4.69) is 5.10 Å². The molecule has 1 aromatic heterocycles. The molecule has 2 aromatic rings. The molecule has 0 aliphatic carbocycles. The number of hydrogen-bond donors (Lipinski definition) is 1. The molecule has 1 heterocycles. The molecule has 7 nitrogen and oxygen atoms in total. The fourth-order valence-corrected chi connectivity index (χ4v) is 1.60. The molecule has 0 aliphatic rings. The number of nitro groups is 1. The Kier molecular flexibility index (Phi) is 3.37. The second kappa shape index (κ2) is 4.97. The van der Waals surface area contributed by atoms with E-state index in [0.717, 1.165) is 0 Å². The lowest BCUT2D eigenvalue weighted by atomic mass is 10.2. The summed E-state index contributed by atoms with van der Waals surface area (Å²) in [6, 6.07) is 4.75. The number of benzene rings is 1. The molecule has 0 atom stereocenters. The van der Waals surface area contributed by atoms with Gasteiger partial charge < -0.3 is 10.5 Å². The number of nitrogens with two attached hydrogens (primary N) is 1. The largest absolute Gasteiger partial charge is 0.447 e. The van der Waals surface area contributed by atoms with Crippen molar-refractivity contribution < 1.29 is 9.66 Å². The van der Waals surface area contributed by atoms with E-state index in [9.17, 15) is 10.1 Å². The summed E-state index contributed by atoms with van der Waals surface area (Å²) in [6.07, 6.45) is 3.19. The zero-order valence-corrected chi connectivity index (χ0v) is 10.6. The van der Waals surface area contributed by atoms with Crippen LogP contribution in [0.4, 0.5) is 11.4 Å². The molecule has 7 heteroatoms. The van der Waals surface area contributed by atoms with Crippen LogP contribution in [0.5, 0.6) is 11.5 Å². The summed E-state index contributed by atoms with van der Waals surface area (Å²) in [5, 5.41) is 15.1. The fraction of sp³-hybridized carbons (Fsp3) is 0.250. The van der Waals surface area contributed by atoms with Crippen LogP contribution in [-0.4, -0.2) is 14.7 Å². The van der Waals surface area contributed by atoms with E-state index in [4.69, 9.17) is 10.5 Å². The Hall–Kier alpha value is -2.57. The third-order valence-electron chi connectivity index (χ3n) is 2.55. The summed E-state index contributed by atoms with van der Waals surface area (Å²) < 4.78 is 7.18. The molecule has 1 aromatic carbocycles. The van der Waals surface area contributed by atoms with Gasteiger partial charge in [-0.15, -0.1) is 0 Å². The first-order chi connectivity index (χ1) is 8.99. The first-order valence-corrected chi connectivity index (χ1v) is 5.74. The van der Waals surface area contributed by atoms with Crippen molar-refractivity contribution in [3.8, 4) is 11.5 Å². The average Bonchev–Trinajstić information content (AvgIpc) is 2.77. The maximum atomic E-state index is 11.0. The van der Waals surface area contributed by atoms with E-state index in [-0.39, 0.29) is 23.2 Å². The molecule has 0 radical (unpaired) electrons. The van der Waals surface area contributed by atoms with Crippen molar-refractivity contribution in [2.24, 2.45) is 0 Å². The average molecular weight is 262 g/mol. The van der Waals surface area contributed by atoms with Crippen LogP contribution in [0, 0.1) is 10.1 Å². The third kappa shape index (κ3) is 2.65. The van der Waals surface area contributed by atoms with Gasteiger partial charge in [-0.05, 0) is 26.0 Å². The molecule has 0 fully saturated rings. The summed E-state index contributed by atoms with van der Waals surface area (Å²) in [6.45, 7) is 3.94. The van der Waals surface area contributed by atoms with E-state index in [1.54, 1.807) is 16.9 Å². The van der Waals surface area contributed by atoms with Crippen molar-refractivity contribution in [1.29, 1.82) is 0 Å². The molecule has 0 unspecified atom stereocenters. The van der Waals surface area contributed by atoms with E-state index in [0.29, 0.717) is 5.75 Å². The Morgan fingerprint density at radius 2 is 2.21 bits per heavy atom. The minimum Gasteiger partial charge on any atom is -0.447 e. The standard InChI is InChI=1S/C12H14N4O3/c1-8(2)15-7-9(6-14-15)19-11-5-3-4-10(13)12(11)16(17)18/h3-8H,13H2,1-2H3. The maximum Gasteiger partial charge on any atom is 0.334 e. The zero-order valence-electron chi connectivity index (χ0n) is 10.6. The summed E-state index contributed by atoms with van der Waals surface area (Å²) in [5.74, 6) is 0.538. The maximum absolute atomic E-state index is 11.0. The number of hydrogen-bond acceptors (Lipinski definition) is 5. The lowest BCUT2D eigenvalue weighted by Crippen LogP contribution is -2.00. The first-order valence-electron chi connectivity index (χ1n) is 5.74. The summed E-state index contributed by atoms with van der Waals surface area (Å²) in [7, 11) is 0. The van der Waals surface area contributed by atoms with E-state index in [1.165, 1.54) is 18.3 Å². The lowest BCUT2D eigenvalue weighted by Gasteiger charge is -2.06. The number of rotatable bonds is 4. The number of aromatic nitrogens is 2. The molecule has 0 amide bonds. The van der Waals surface area contributed by atoms with Gasteiger partial charge >= 0.3 is 5.69 Å². The lowest BCUT2D eigenvalue weighted by molar-refractivity contribution is -0.384. The highest BCUT2D eigenvalue weighted by atomic mass is 16.6. The van der Waals surface area contributed by atoms with Crippen LogP contribution in [-0.2, 0) is 0 Å². The van der Waals surface area contributed by atoms with Gasteiger partial charge in [-0.25, -0.2) is 0 Å². The van der Waals surface area contributed by atoms with Gasteiger partial charge in [-0.2, -0.15) is 5.10 Å². The van der Waals surface area contributed by atoms with E-state index in [1.807, 2.05) is 13.8 Å². The summed E-state index contributed by atoms with van der Waals surface area (Å²) in [4.78, 5) is 10.4. The van der Waals surface area contributed by atoms with Gasteiger partial charge in [0.25, 0.3) is 0 Å². The van der Waals surface area contributed by atoms with Crippen molar-refractivity contribution in [3.05, 3.63) is 40.7 Å². The summed E-state index contributed by atoms with van der Waals surface area (Å²) >= 11 is 0. The molecule has 0 spiro atoms. The second-order valence-corrected chi connectivity index (χ2v) is 4.30. The molecule has 100 valence electrons. The van der Waals surface area contributed by atoms with Crippen LogP contribution < -0.4 is 10.5 Å². The Morgan fingerprint density at radius 3 is 2.79 bits per heavy atom. The molecular formula is C12H14N4O3. The van der Waals surface area contributed by atoms with Gasteiger partial charge in [0.1, 0.15) is 5.69 Å². The van der Waals surface area contributed by atoms with Gasteiger partial charge in [0.05, 0.1) is 17.3 Å². The SMILES string of the molecule is CC(C)n1cc(Oc2cccc(N)c2[N+](=O)[O-])cn1. The van der Waals surface area contributed by atoms with Crippen LogP contribution in [0.2, 0.25) is 0 Å². The molecule has 0 saturated carbocycles. The molecule has 0 aliphatic heterocycles. The fourth-order valence-electron chi connectivity index (χ4n) is 1.60. The quantitative estimate of drug-likeness (QED) is 0.519. The first kappa shape index (κ1) is 12.9. The minimum atomic E-state index is -0.558. The van der Waals surface area contributed by atoms with Gasteiger partial charge in [-0.1, -0.05) is 6.07 Å². The number of nitro benzene ring substituents is 1. The van der Waals surface area contributed by atoms with Crippen molar-refractivity contribution in [3.63, 3.8) is 0 Å². The molecule has 2 rings (SSSR count). The number of anilines is 1. The molecule has 19 heavy (non-hydrogen) atoms. The second-order valence-electron chi connectivity index (χ2n) is 4.30. The molecule has 0 saturated heterocycles. The number of nitrogens with zero attached hydrogens (tertiary/aromatic N) is 3. The predicted octanol–water partition coefficient (Wildman–Crippen LogP) is 2.75. The van der Waals surface area contributed by atoms with Gasteiger partial charge in [0.15, 0.2) is 5.75 Å². The molecular weight excluding hydrogens is 248 g/mol. The van der Waals surface area contributed by atoms with Crippen LogP contribution in [0.1, 0.15) is 19.9 Å². The Labute approximate surface area is 109 Å². The van der Waals surface area contributed by atoms with Gasteiger partial charge in [0, 0.05) is 6.04 Å². The zero-order chi connectivity index (χ0) is 14.0. The minimum absolute atomic E-state index is 0.0683. The van der Waals surface area contributed by atoms with Crippen molar-refractivity contribution >= 4 is 11.4 Å². The predicted molar refractivity (Wildman–Crippen MR) is 70.2 cm³/mol. The molecule has 2 N–H and O–H groups in total. The van der Waals surface area contributed by atoms with E-state index < -0.39 is 4.92 Å². The van der Waals surface area contributed by atoms with Crippen molar-refractivity contribution in [2.45, 2.75) is 19.9 Å². The smallest absolute Gasteiger partial charge is 0.334 e. The highest BCUT2D eigenvalue weighted by molar-refractivity contribution is 5.66. The highest BCUT2D eigenvalue weighted by Crippen LogP contribution is 2.35. The Morgan fingerprint density at radius 1 is 1.47 bits per heavy atom. The Bertz CT molecular complexity index is 607. The topological polar surface area (TPSA) is 96.2 Å². The van der Waals surface area contributed by atoms with E-state index >= 15 is 0 Å². The number of para-hydroxylation sites is 1. The van der Waals surface area contributed by atoms with Crippen LogP contribution in [0.15, 0.2) is 30.6 Å². The normalized spacial score (nSPS) is 10.7. The van der Waals surface area contributed by atoms with Crippen LogP contribution in [0.3, 0.4) is 0 Å². The third-order valence-corrected chi connectivity index (χ3v) is 2.55.